The molecule has 0 rings (SSSR count). The summed E-state index contributed by atoms with van der Waals surface area (Å²) in [7, 11) is 0. The fourth-order valence-corrected chi connectivity index (χ4v) is 1.67. The van der Waals surface area contributed by atoms with Gasteiger partial charge in [0.1, 0.15) is 0 Å². The van der Waals surface area contributed by atoms with Crippen molar-refractivity contribution in [1.82, 2.24) is 0 Å². The van der Waals surface area contributed by atoms with E-state index in [0.29, 0.717) is 18.8 Å². The number of hydrogen-bond donors (Lipinski definition) is 2. The van der Waals surface area contributed by atoms with Crippen molar-refractivity contribution in [2.45, 2.75) is 65.1 Å². The SMILES string of the molecule is CCCCC(O)C(C)(O)CC(C)C. The van der Waals surface area contributed by atoms with Gasteiger partial charge in [0.2, 0.25) is 0 Å². The Hall–Kier alpha value is -0.0800. The molecule has 0 fully saturated rings. The van der Waals surface area contributed by atoms with Crippen LogP contribution in [0.5, 0.6) is 0 Å². The number of aliphatic hydroxyl groups excluding tert-OH is 1. The summed E-state index contributed by atoms with van der Waals surface area (Å²) in [5.41, 5.74) is -0.913. The summed E-state index contributed by atoms with van der Waals surface area (Å²) in [5.74, 6) is 0.422. The molecule has 0 amide bonds. The summed E-state index contributed by atoms with van der Waals surface area (Å²) < 4.78 is 0. The van der Waals surface area contributed by atoms with Crippen LogP contribution in [-0.2, 0) is 0 Å². The molecule has 0 saturated heterocycles. The third kappa shape index (κ3) is 5.27. The van der Waals surface area contributed by atoms with Gasteiger partial charge in [-0.3, -0.25) is 0 Å². The number of rotatable bonds is 6. The van der Waals surface area contributed by atoms with Gasteiger partial charge in [-0.2, -0.15) is 0 Å². The Balaban J connectivity index is 3.94. The van der Waals surface area contributed by atoms with E-state index in [0.717, 1.165) is 12.8 Å². The zero-order valence-electron chi connectivity index (χ0n) is 9.38. The van der Waals surface area contributed by atoms with Gasteiger partial charge in [0.25, 0.3) is 0 Å². The molecule has 0 spiro atoms. The fourth-order valence-electron chi connectivity index (χ4n) is 1.67. The Labute approximate surface area is 82.0 Å². The van der Waals surface area contributed by atoms with Crippen LogP contribution in [0.2, 0.25) is 0 Å². The highest BCUT2D eigenvalue weighted by atomic mass is 16.3. The van der Waals surface area contributed by atoms with Gasteiger partial charge in [-0.1, -0.05) is 33.6 Å². The highest BCUT2D eigenvalue weighted by molar-refractivity contribution is 4.82. The van der Waals surface area contributed by atoms with Gasteiger partial charge in [-0.05, 0) is 25.7 Å². The lowest BCUT2D eigenvalue weighted by Crippen LogP contribution is -2.40. The number of unbranched alkanes of at least 4 members (excludes halogenated alkanes) is 1. The van der Waals surface area contributed by atoms with Gasteiger partial charge < -0.3 is 10.2 Å². The van der Waals surface area contributed by atoms with Crippen LogP contribution < -0.4 is 0 Å². The van der Waals surface area contributed by atoms with E-state index in [1.807, 2.05) is 0 Å². The van der Waals surface area contributed by atoms with Gasteiger partial charge in [0.15, 0.2) is 0 Å². The minimum absolute atomic E-state index is 0.422. The molecule has 2 N–H and O–H groups in total. The lowest BCUT2D eigenvalue weighted by atomic mass is 9.87. The molecule has 0 aromatic carbocycles. The summed E-state index contributed by atoms with van der Waals surface area (Å²) in [6.45, 7) is 7.93. The Morgan fingerprint density at radius 2 is 1.85 bits per heavy atom. The topological polar surface area (TPSA) is 40.5 Å². The van der Waals surface area contributed by atoms with Crippen LogP contribution in [0.25, 0.3) is 0 Å². The van der Waals surface area contributed by atoms with Gasteiger partial charge in [-0.25, -0.2) is 0 Å². The third-order valence-electron chi connectivity index (χ3n) is 2.37. The first-order valence-corrected chi connectivity index (χ1v) is 5.30. The summed E-state index contributed by atoms with van der Waals surface area (Å²) in [6, 6.07) is 0. The van der Waals surface area contributed by atoms with E-state index >= 15 is 0 Å². The molecule has 2 unspecified atom stereocenters. The molecule has 0 radical (unpaired) electrons. The first kappa shape index (κ1) is 12.9. The van der Waals surface area contributed by atoms with Crippen LogP contribution in [0.1, 0.15) is 53.4 Å². The number of hydrogen-bond acceptors (Lipinski definition) is 2. The smallest absolute Gasteiger partial charge is 0.0879 e. The molecule has 0 aromatic rings. The maximum Gasteiger partial charge on any atom is 0.0879 e. The van der Waals surface area contributed by atoms with Crippen LogP contribution in [-0.4, -0.2) is 21.9 Å². The molecular formula is C11H24O2. The van der Waals surface area contributed by atoms with E-state index in [1.165, 1.54) is 0 Å². The zero-order valence-corrected chi connectivity index (χ0v) is 9.38. The molecule has 13 heavy (non-hydrogen) atoms. The van der Waals surface area contributed by atoms with Crippen molar-refractivity contribution >= 4 is 0 Å². The summed E-state index contributed by atoms with van der Waals surface area (Å²) in [4.78, 5) is 0. The maximum atomic E-state index is 9.93. The minimum atomic E-state index is -0.913. The van der Waals surface area contributed by atoms with Crippen molar-refractivity contribution in [3.05, 3.63) is 0 Å². The molecule has 2 heteroatoms. The molecule has 0 aliphatic carbocycles. The highest BCUT2D eigenvalue weighted by Gasteiger charge is 2.30. The molecule has 2 nitrogen and oxygen atoms in total. The van der Waals surface area contributed by atoms with Crippen LogP contribution in [0.3, 0.4) is 0 Å². The average Bonchev–Trinajstić information content (AvgIpc) is 1.97. The van der Waals surface area contributed by atoms with Gasteiger partial charge in [0, 0.05) is 0 Å². The monoisotopic (exact) mass is 188 g/mol. The number of aliphatic hydroxyl groups is 2. The molecule has 80 valence electrons. The summed E-state index contributed by atoms with van der Waals surface area (Å²) in [5, 5.41) is 19.6. The van der Waals surface area contributed by atoms with E-state index in [9.17, 15) is 10.2 Å². The molecule has 0 aromatic heterocycles. The summed E-state index contributed by atoms with van der Waals surface area (Å²) in [6.07, 6.45) is 2.84. The Bertz CT molecular complexity index is 130. The van der Waals surface area contributed by atoms with E-state index in [4.69, 9.17) is 0 Å². The molecule has 2 atom stereocenters. The standard InChI is InChI=1S/C11H24O2/c1-5-6-7-10(12)11(4,13)8-9(2)3/h9-10,12-13H,5-8H2,1-4H3. The van der Waals surface area contributed by atoms with Crippen molar-refractivity contribution in [3.63, 3.8) is 0 Å². The third-order valence-corrected chi connectivity index (χ3v) is 2.37. The van der Waals surface area contributed by atoms with Crippen LogP contribution in [0.4, 0.5) is 0 Å². The second kappa shape index (κ2) is 5.61. The molecule has 0 heterocycles. The predicted octanol–water partition coefficient (Wildman–Crippen LogP) is 2.33. The van der Waals surface area contributed by atoms with E-state index in [1.54, 1.807) is 6.92 Å². The van der Waals surface area contributed by atoms with Gasteiger partial charge in [-0.15, -0.1) is 0 Å². The Morgan fingerprint density at radius 3 is 2.23 bits per heavy atom. The van der Waals surface area contributed by atoms with Crippen LogP contribution >= 0.6 is 0 Å². The molecule has 0 saturated carbocycles. The summed E-state index contributed by atoms with van der Waals surface area (Å²) >= 11 is 0. The first-order valence-electron chi connectivity index (χ1n) is 5.30. The van der Waals surface area contributed by atoms with Crippen molar-refractivity contribution in [1.29, 1.82) is 0 Å². The largest absolute Gasteiger partial charge is 0.390 e. The van der Waals surface area contributed by atoms with Gasteiger partial charge >= 0.3 is 0 Å². The van der Waals surface area contributed by atoms with Crippen molar-refractivity contribution in [2.75, 3.05) is 0 Å². The Morgan fingerprint density at radius 1 is 1.31 bits per heavy atom. The van der Waals surface area contributed by atoms with Crippen LogP contribution in [0, 0.1) is 5.92 Å². The quantitative estimate of drug-likeness (QED) is 0.671. The molecule has 0 aliphatic rings. The second-order valence-corrected chi connectivity index (χ2v) is 4.61. The average molecular weight is 188 g/mol. The first-order chi connectivity index (χ1) is 5.90. The lowest BCUT2D eigenvalue weighted by Gasteiger charge is -2.30. The van der Waals surface area contributed by atoms with E-state index < -0.39 is 11.7 Å². The minimum Gasteiger partial charge on any atom is -0.390 e. The van der Waals surface area contributed by atoms with Crippen molar-refractivity contribution < 1.29 is 10.2 Å². The normalized spacial score (nSPS) is 18.7. The van der Waals surface area contributed by atoms with Crippen molar-refractivity contribution in [3.8, 4) is 0 Å². The molecule has 0 bridgehead atoms. The molecule has 0 aliphatic heterocycles. The maximum absolute atomic E-state index is 9.93. The zero-order chi connectivity index (χ0) is 10.5. The highest BCUT2D eigenvalue weighted by Crippen LogP contribution is 2.23. The fraction of sp³-hybridized carbons (Fsp3) is 1.00. The van der Waals surface area contributed by atoms with Crippen LogP contribution in [0.15, 0.2) is 0 Å². The lowest BCUT2D eigenvalue weighted by molar-refractivity contribution is -0.0774. The predicted molar refractivity (Wildman–Crippen MR) is 55.6 cm³/mol. The van der Waals surface area contributed by atoms with Crippen molar-refractivity contribution in [2.24, 2.45) is 5.92 Å². The second-order valence-electron chi connectivity index (χ2n) is 4.61. The van der Waals surface area contributed by atoms with E-state index in [2.05, 4.69) is 20.8 Å². The Kier molecular flexibility index (Phi) is 5.57. The van der Waals surface area contributed by atoms with E-state index in [-0.39, 0.29) is 0 Å². The van der Waals surface area contributed by atoms with Gasteiger partial charge in [0.05, 0.1) is 11.7 Å². The molecular weight excluding hydrogens is 164 g/mol.